The second kappa shape index (κ2) is 5.86. The third kappa shape index (κ3) is 2.55. The smallest absolute Gasteiger partial charge is 0.375 e. The van der Waals surface area contributed by atoms with E-state index in [-0.39, 0.29) is 23.8 Å². The topological polar surface area (TPSA) is 89.3 Å². The summed E-state index contributed by atoms with van der Waals surface area (Å²) in [6.07, 6.45) is 0. The number of hydrogen-bond donors (Lipinski definition) is 1. The summed E-state index contributed by atoms with van der Waals surface area (Å²) in [6, 6.07) is 15.1. The summed E-state index contributed by atoms with van der Waals surface area (Å²) in [7, 11) is 0. The number of esters is 1. The molecule has 0 saturated heterocycles. The maximum Gasteiger partial charge on any atom is 0.375 e. The molecule has 124 valence electrons. The van der Waals surface area contributed by atoms with Crippen molar-refractivity contribution in [2.75, 3.05) is 6.61 Å². The van der Waals surface area contributed by atoms with Gasteiger partial charge in [0.1, 0.15) is 0 Å². The zero-order valence-electron chi connectivity index (χ0n) is 13.4. The number of aromatic amines is 1. The van der Waals surface area contributed by atoms with Crippen molar-refractivity contribution >= 4 is 22.5 Å². The van der Waals surface area contributed by atoms with E-state index in [4.69, 9.17) is 4.74 Å². The molecule has 0 aliphatic rings. The van der Waals surface area contributed by atoms with Gasteiger partial charge in [-0.2, -0.15) is 9.50 Å². The number of aromatic nitrogens is 4. The van der Waals surface area contributed by atoms with Crippen molar-refractivity contribution in [3.8, 4) is 11.3 Å². The van der Waals surface area contributed by atoms with Crippen molar-refractivity contribution in [3.05, 3.63) is 64.7 Å². The number of nitrogens with zero attached hydrogens (tertiary/aromatic N) is 3. The molecule has 4 rings (SSSR count). The number of fused-ring (bicyclic) bond motifs is 2. The molecule has 7 heteroatoms. The average molecular weight is 334 g/mol. The fraction of sp³-hybridized carbons (Fsp3) is 0.111. The van der Waals surface area contributed by atoms with E-state index in [1.165, 1.54) is 6.07 Å². The van der Waals surface area contributed by atoms with Crippen LogP contribution in [0.25, 0.3) is 27.8 Å². The van der Waals surface area contributed by atoms with E-state index >= 15 is 0 Å². The molecule has 0 aliphatic carbocycles. The minimum Gasteiger partial charge on any atom is -0.460 e. The molecule has 2 aromatic carbocycles. The third-order valence-corrected chi connectivity index (χ3v) is 3.86. The van der Waals surface area contributed by atoms with Crippen molar-refractivity contribution in [2.24, 2.45) is 0 Å². The van der Waals surface area contributed by atoms with E-state index in [9.17, 15) is 9.59 Å². The van der Waals surface area contributed by atoms with Crippen LogP contribution in [0.15, 0.2) is 53.3 Å². The fourth-order valence-electron chi connectivity index (χ4n) is 2.76. The zero-order chi connectivity index (χ0) is 17.4. The molecule has 0 atom stereocenters. The number of hydrogen-bond acceptors (Lipinski definition) is 5. The number of rotatable bonds is 3. The van der Waals surface area contributed by atoms with Gasteiger partial charge in [0.2, 0.25) is 5.82 Å². The Bertz CT molecular complexity index is 1150. The molecule has 4 aromatic rings. The molecule has 0 fully saturated rings. The van der Waals surface area contributed by atoms with E-state index in [0.717, 1.165) is 20.9 Å². The van der Waals surface area contributed by atoms with Crippen LogP contribution in [0.5, 0.6) is 0 Å². The van der Waals surface area contributed by atoms with Crippen LogP contribution >= 0.6 is 0 Å². The van der Waals surface area contributed by atoms with E-state index in [0.29, 0.717) is 5.69 Å². The van der Waals surface area contributed by atoms with Gasteiger partial charge in [-0.15, -0.1) is 0 Å². The van der Waals surface area contributed by atoms with Crippen molar-refractivity contribution < 1.29 is 9.53 Å². The van der Waals surface area contributed by atoms with Crippen LogP contribution in [0.1, 0.15) is 17.5 Å². The fourth-order valence-corrected chi connectivity index (χ4v) is 2.76. The molecule has 1 N–H and O–H groups in total. The van der Waals surface area contributed by atoms with Gasteiger partial charge in [-0.25, -0.2) is 9.78 Å². The predicted octanol–water partition coefficient (Wildman–Crippen LogP) is 2.41. The zero-order valence-corrected chi connectivity index (χ0v) is 13.4. The van der Waals surface area contributed by atoms with Gasteiger partial charge in [0, 0.05) is 11.6 Å². The summed E-state index contributed by atoms with van der Waals surface area (Å²) in [4.78, 5) is 32.7. The monoisotopic (exact) mass is 334 g/mol. The first-order valence-electron chi connectivity index (χ1n) is 7.82. The number of benzene rings is 2. The maximum absolute atomic E-state index is 12.4. The number of nitrogens with one attached hydrogen (secondary N) is 1. The summed E-state index contributed by atoms with van der Waals surface area (Å²) >= 11 is 0. The van der Waals surface area contributed by atoms with Gasteiger partial charge in [-0.05, 0) is 17.7 Å². The highest BCUT2D eigenvalue weighted by Gasteiger charge is 2.16. The lowest BCUT2D eigenvalue weighted by Gasteiger charge is -2.05. The minimum atomic E-state index is -0.626. The number of carbonyl (C=O) groups excluding carboxylic acids is 1. The van der Waals surface area contributed by atoms with Crippen LogP contribution in [0.4, 0.5) is 0 Å². The highest BCUT2D eigenvalue weighted by Crippen LogP contribution is 2.26. The Balaban J connectivity index is 1.91. The molecule has 25 heavy (non-hydrogen) atoms. The predicted molar refractivity (Wildman–Crippen MR) is 92.5 cm³/mol. The summed E-state index contributed by atoms with van der Waals surface area (Å²) < 4.78 is 6.02. The standard InChI is InChI=1S/C18H14N4O3/c1-2-25-17(24)16-20-18-19-14(10-15(23)22(18)21-16)13-9-5-7-11-6-3-4-8-12(11)13/h3-10H,2H2,1H3,(H,19,20,21). The highest BCUT2D eigenvalue weighted by molar-refractivity contribution is 5.95. The van der Waals surface area contributed by atoms with Gasteiger partial charge >= 0.3 is 5.97 Å². The van der Waals surface area contributed by atoms with Crippen molar-refractivity contribution in [1.82, 2.24) is 19.6 Å². The SMILES string of the molecule is CCOC(=O)c1nc2nc(-c3cccc4ccccc34)cc(=O)n2[nH]1. The number of H-pyrrole nitrogens is 1. The van der Waals surface area contributed by atoms with E-state index in [1.54, 1.807) is 6.92 Å². The Morgan fingerprint density at radius 3 is 2.80 bits per heavy atom. The van der Waals surface area contributed by atoms with Crippen molar-refractivity contribution in [2.45, 2.75) is 6.92 Å². The lowest BCUT2D eigenvalue weighted by Crippen LogP contribution is -2.15. The van der Waals surface area contributed by atoms with Gasteiger partial charge in [0.25, 0.3) is 11.3 Å². The van der Waals surface area contributed by atoms with E-state index < -0.39 is 5.97 Å². The van der Waals surface area contributed by atoms with Gasteiger partial charge in [0.15, 0.2) is 0 Å². The number of ether oxygens (including phenoxy) is 1. The molecule has 7 nitrogen and oxygen atoms in total. The molecule has 0 aliphatic heterocycles. The average Bonchev–Trinajstić information content (AvgIpc) is 3.06. The van der Waals surface area contributed by atoms with Gasteiger partial charge in [-0.3, -0.25) is 9.89 Å². The maximum atomic E-state index is 12.4. The Kier molecular flexibility index (Phi) is 3.53. The summed E-state index contributed by atoms with van der Waals surface area (Å²) in [6.45, 7) is 1.92. The first-order chi connectivity index (χ1) is 12.2. The summed E-state index contributed by atoms with van der Waals surface area (Å²) in [5, 5.41) is 4.66. The molecule has 0 saturated carbocycles. The molecular weight excluding hydrogens is 320 g/mol. The Hall–Kier alpha value is -3.48. The minimum absolute atomic E-state index is 0.0541. The first kappa shape index (κ1) is 15.1. The molecule has 2 heterocycles. The summed E-state index contributed by atoms with van der Waals surface area (Å²) in [5.74, 6) is -0.556. The van der Waals surface area contributed by atoms with Crippen LogP contribution in [-0.4, -0.2) is 32.2 Å². The summed E-state index contributed by atoms with van der Waals surface area (Å²) in [5.41, 5.74) is 0.984. The van der Waals surface area contributed by atoms with Crippen LogP contribution in [0, 0.1) is 0 Å². The van der Waals surface area contributed by atoms with Gasteiger partial charge < -0.3 is 4.74 Å². The van der Waals surface area contributed by atoms with Crippen LogP contribution in [0.2, 0.25) is 0 Å². The van der Waals surface area contributed by atoms with Crippen molar-refractivity contribution in [1.29, 1.82) is 0 Å². The quantitative estimate of drug-likeness (QED) is 0.581. The number of carbonyl (C=O) groups is 1. The lowest BCUT2D eigenvalue weighted by atomic mass is 10.0. The second-order valence-corrected chi connectivity index (χ2v) is 5.43. The van der Waals surface area contributed by atoms with Crippen LogP contribution in [0.3, 0.4) is 0 Å². The molecule has 0 unspecified atom stereocenters. The molecular formula is C18H14N4O3. The van der Waals surface area contributed by atoms with Gasteiger partial charge in [-0.1, -0.05) is 42.5 Å². The highest BCUT2D eigenvalue weighted by atomic mass is 16.5. The molecule has 0 amide bonds. The van der Waals surface area contributed by atoms with Crippen LogP contribution in [-0.2, 0) is 4.74 Å². The molecule has 0 bridgehead atoms. The van der Waals surface area contributed by atoms with Gasteiger partial charge in [0.05, 0.1) is 12.3 Å². The molecule has 0 spiro atoms. The molecule has 0 radical (unpaired) electrons. The van der Waals surface area contributed by atoms with E-state index in [1.807, 2.05) is 42.5 Å². The Morgan fingerprint density at radius 1 is 1.16 bits per heavy atom. The van der Waals surface area contributed by atoms with E-state index in [2.05, 4.69) is 15.1 Å². The Labute approximate surface area is 141 Å². The second-order valence-electron chi connectivity index (χ2n) is 5.43. The Morgan fingerprint density at radius 2 is 1.96 bits per heavy atom. The largest absolute Gasteiger partial charge is 0.460 e. The third-order valence-electron chi connectivity index (χ3n) is 3.86. The normalized spacial score (nSPS) is 11.1. The molecule has 2 aromatic heterocycles. The van der Waals surface area contributed by atoms with Crippen LogP contribution < -0.4 is 5.56 Å². The lowest BCUT2D eigenvalue weighted by molar-refractivity contribution is 0.0512. The first-order valence-corrected chi connectivity index (χ1v) is 7.82. The van der Waals surface area contributed by atoms with Crippen molar-refractivity contribution in [3.63, 3.8) is 0 Å².